The molecule has 6 heteroatoms. The summed E-state index contributed by atoms with van der Waals surface area (Å²) in [4.78, 5) is 28.1. The Kier molecular flexibility index (Phi) is 4.36. The first-order chi connectivity index (χ1) is 10.9. The molecule has 1 aromatic carbocycles. The van der Waals surface area contributed by atoms with Crippen LogP contribution in [0.3, 0.4) is 0 Å². The Morgan fingerprint density at radius 2 is 2.13 bits per heavy atom. The summed E-state index contributed by atoms with van der Waals surface area (Å²) >= 11 is 1.70. The minimum absolute atomic E-state index is 0.00131. The lowest BCUT2D eigenvalue weighted by atomic mass is 10.1. The molecule has 124 valence electrons. The Bertz CT molecular complexity index is 622. The van der Waals surface area contributed by atoms with Crippen molar-refractivity contribution in [2.24, 2.45) is 0 Å². The Morgan fingerprint density at radius 1 is 1.43 bits per heavy atom. The molecule has 0 radical (unpaired) electrons. The molecular weight excluding hydrogens is 315 g/mol. The zero-order valence-electron chi connectivity index (χ0n) is 13.4. The van der Waals surface area contributed by atoms with Crippen LogP contribution in [0.15, 0.2) is 24.3 Å². The van der Waals surface area contributed by atoms with E-state index in [1.165, 1.54) is 12.1 Å². The summed E-state index contributed by atoms with van der Waals surface area (Å²) in [6, 6.07) is 5.98. The summed E-state index contributed by atoms with van der Waals surface area (Å²) in [6.07, 6.45) is 2.03. The number of likely N-dealkylation sites (N-methyl/N-ethyl adjacent to an activating group) is 1. The first-order valence-electron chi connectivity index (χ1n) is 7.86. The molecule has 2 fully saturated rings. The first kappa shape index (κ1) is 16.3. The van der Waals surface area contributed by atoms with Gasteiger partial charge in [0.25, 0.3) is 0 Å². The van der Waals surface area contributed by atoms with Crippen molar-refractivity contribution >= 4 is 23.6 Å². The molecule has 2 aliphatic rings. The number of amides is 2. The van der Waals surface area contributed by atoms with E-state index in [1.54, 1.807) is 40.7 Å². The molecule has 23 heavy (non-hydrogen) atoms. The highest BCUT2D eigenvalue weighted by Gasteiger charge is 2.53. The summed E-state index contributed by atoms with van der Waals surface area (Å²) in [7, 11) is 1.77. The number of benzene rings is 1. The van der Waals surface area contributed by atoms with Gasteiger partial charge in [-0.25, -0.2) is 4.39 Å². The van der Waals surface area contributed by atoms with Crippen LogP contribution in [0, 0.1) is 5.82 Å². The second-order valence-electron chi connectivity index (χ2n) is 6.40. The smallest absolute Gasteiger partial charge is 0.246 e. The average molecular weight is 336 g/mol. The fourth-order valence-corrected chi connectivity index (χ4v) is 4.74. The Hall–Kier alpha value is -1.56. The molecule has 1 aromatic rings. The Morgan fingerprint density at radius 3 is 2.83 bits per heavy atom. The number of halogens is 1. The third-order valence-electron chi connectivity index (χ3n) is 4.76. The first-order valence-corrected chi connectivity index (χ1v) is 8.85. The quantitative estimate of drug-likeness (QED) is 0.847. The van der Waals surface area contributed by atoms with Crippen LogP contribution in [0.25, 0.3) is 0 Å². The van der Waals surface area contributed by atoms with Crippen LogP contribution in [-0.4, -0.2) is 51.9 Å². The van der Waals surface area contributed by atoms with Gasteiger partial charge in [0.2, 0.25) is 11.8 Å². The Balaban J connectivity index is 1.61. The van der Waals surface area contributed by atoms with E-state index in [4.69, 9.17) is 0 Å². The summed E-state index contributed by atoms with van der Waals surface area (Å²) in [5.74, 6) is 0.497. The second-order valence-corrected chi connectivity index (χ2v) is 7.90. The molecule has 2 atom stereocenters. The van der Waals surface area contributed by atoms with Crippen molar-refractivity contribution in [3.63, 3.8) is 0 Å². The highest BCUT2D eigenvalue weighted by molar-refractivity contribution is 8.01. The van der Waals surface area contributed by atoms with Gasteiger partial charge in [-0.2, -0.15) is 0 Å². The van der Waals surface area contributed by atoms with E-state index in [2.05, 4.69) is 0 Å². The topological polar surface area (TPSA) is 40.6 Å². The van der Waals surface area contributed by atoms with E-state index in [1.807, 2.05) is 6.92 Å². The predicted octanol–water partition coefficient (Wildman–Crippen LogP) is 2.28. The van der Waals surface area contributed by atoms with Gasteiger partial charge in [-0.05, 0) is 37.5 Å². The van der Waals surface area contributed by atoms with Gasteiger partial charge in [-0.15, -0.1) is 11.8 Å². The molecule has 2 aliphatic heterocycles. The predicted molar refractivity (Wildman–Crippen MR) is 88.5 cm³/mol. The van der Waals surface area contributed by atoms with Crippen molar-refractivity contribution in [3.8, 4) is 0 Å². The van der Waals surface area contributed by atoms with Gasteiger partial charge in [-0.1, -0.05) is 12.1 Å². The van der Waals surface area contributed by atoms with Gasteiger partial charge in [0.15, 0.2) is 0 Å². The SMILES string of the molecule is CN(CCc1ccc(F)cc1)C(=O)[C@@H]1CS[C@@]2(C)CCC(=O)N12. The summed E-state index contributed by atoms with van der Waals surface area (Å²) in [6.45, 7) is 2.61. The molecular formula is C17H21FN2O2S. The van der Waals surface area contributed by atoms with Crippen molar-refractivity contribution in [3.05, 3.63) is 35.6 Å². The number of thioether (sulfide) groups is 1. The zero-order valence-corrected chi connectivity index (χ0v) is 14.2. The molecule has 3 rings (SSSR count). The summed E-state index contributed by atoms with van der Waals surface area (Å²) in [5.41, 5.74) is 0.994. The third-order valence-corrected chi connectivity index (χ3v) is 6.26. The number of hydrogen-bond acceptors (Lipinski definition) is 3. The molecule has 0 unspecified atom stereocenters. The van der Waals surface area contributed by atoms with Gasteiger partial charge in [-0.3, -0.25) is 9.59 Å². The molecule has 0 bridgehead atoms. The van der Waals surface area contributed by atoms with Crippen molar-refractivity contribution in [1.29, 1.82) is 0 Å². The van der Waals surface area contributed by atoms with Crippen molar-refractivity contribution in [2.75, 3.05) is 19.3 Å². The minimum atomic E-state index is -0.349. The van der Waals surface area contributed by atoms with Gasteiger partial charge >= 0.3 is 0 Å². The molecule has 2 heterocycles. The van der Waals surface area contributed by atoms with Crippen LogP contribution in [0.4, 0.5) is 4.39 Å². The Labute approximate surface area is 140 Å². The molecule has 0 aliphatic carbocycles. The highest BCUT2D eigenvalue weighted by Crippen LogP contribution is 2.47. The van der Waals surface area contributed by atoms with Crippen LogP contribution in [-0.2, 0) is 16.0 Å². The maximum Gasteiger partial charge on any atom is 0.246 e. The monoisotopic (exact) mass is 336 g/mol. The average Bonchev–Trinajstić information content (AvgIpc) is 3.02. The zero-order chi connectivity index (χ0) is 16.6. The van der Waals surface area contributed by atoms with Crippen LogP contribution in [0.5, 0.6) is 0 Å². The highest BCUT2D eigenvalue weighted by atomic mass is 32.2. The van der Waals surface area contributed by atoms with E-state index in [9.17, 15) is 14.0 Å². The minimum Gasteiger partial charge on any atom is -0.344 e. The number of rotatable bonds is 4. The van der Waals surface area contributed by atoms with Crippen LogP contribution >= 0.6 is 11.8 Å². The number of hydrogen-bond donors (Lipinski definition) is 0. The molecule has 0 N–H and O–H groups in total. The normalized spacial score (nSPS) is 26.5. The van der Waals surface area contributed by atoms with Gasteiger partial charge in [0.1, 0.15) is 11.9 Å². The standard InChI is InChI=1S/C17H21FN2O2S/c1-17-9-7-15(21)20(17)14(11-23-17)16(22)19(2)10-8-12-3-5-13(18)6-4-12/h3-6,14H,7-11H2,1-2H3/t14-,17-/m0/s1. The maximum absolute atomic E-state index is 12.9. The fraction of sp³-hybridized carbons (Fsp3) is 0.529. The number of fused-ring (bicyclic) bond motifs is 1. The largest absolute Gasteiger partial charge is 0.344 e. The van der Waals surface area contributed by atoms with Gasteiger partial charge in [0.05, 0.1) is 4.87 Å². The second kappa shape index (κ2) is 6.15. The van der Waals surface area contributed by atoms with Gasteiger partial charge in [0, 0.05) is 25.8 Å². The molecule has 2 amide bonds. The fourth-order valence-electron chi connectivity index (χ4n) is 3.32. The molecule has 4 nitrogen and oxygen atoms in total. The lowest BCUT2D eigenvalue weighted by molar-refractivity contribution is -0.142. The lowest BCUT2D eigenvalue weighted by Crippen LogP contribution is -2.50. The van der Waals surface area contributed by atoms with E-state index in [-0.39, 0.29) is 28.5 Å². The number of carbonyl (C=O) groups is 2. The van der Waals surface area contributed by atoms with Crippen LogP contribution in [0.2, 0.25) is 0 Å². The molecule has 0 aromatic heterocycles. The number of carbonyl (C=O) groups excluding carboxylic acids is 2. The summed E-state index contributed by atoms with van der Waals surface area (Å²) in [5, 5.41) is 0. The molecule has 0 saturated carbocycles. The van der Waals surface area contributed by atoms with E-state index < -0.39 is 0 Å². The van der Waals surface area contributed by atoms with E-state index in [0.717, 1.165) is 12.0 Å². The van der Waals surface area contributed by atoms with Crippen LogP contribution in [0.1, 0.15) is 25.3 Å². The maximum atomic E-state index is 12.9. The van der Waals surface area contributed by atoms with Gasteiger partial charge < -0.3 is 9.80 Å². The van der Waals surface area contributed by atoms with E-state index in [0.29, 0.717) is 25.1 Å². The summed E-state index contributed by atoms with van der Waals surface area (Å²) < 4.78 is 12.9. The van der Waals surface area contributed by atoms with Crippen molar-refractivity contribution in [1.82, 2.24) is 9.80 Å². The molecule has 2 saturated heterocycles. The van der Waals surface area contributed by atoms with E-state index >= 15 is 0 Å². The molecule has 0 spiro atoms. The third kappa shape index (κ3) is 3.09. The lowest BCUT2D eigenvalue weighted by Gasteiger charge is -2.32. The van der Waals surface area contributed by atoms with Crippen molar-refractivity contribution < 1.29 is 14.0 Å². The van der Waals surface area contributed by atoms with Crippen LogP contribution < -0.4 is 0 Å². The number of nitrogens with zero attached hydrogens (tertiary/aromatic N) is 2. The van der Waals surface area contributed by atoms with Crippen molar-refractivity contribution in [2.45, 2.75) is 37.1 Å².